The van der Waals surface area contributed by atoms with Gasteiger partial charge in [-0.2, -0.15) is 0 Å². The summed E-state index contributed by atoms with van der Waals surface area (Å²) < 4.78 is 24.1. The highest BCUT2D eigenvalue weighted by Crippen LogP contribution is 2.34. The first kappa shape index (κ1) is 18.7. The van der Waals surface area contributed by atoms with Crippen molar-refractivity contribution >= 4 is 34.0 Å². The Bertz CT molecular complexity index is 1240. The molecule has 0 unspecified atom stereocenters. The van der Waals surface area contributed by atoms with Crippen molar-refractivity contribution in [1.29, 1.82) is 0 Å². The van der Waals surface area contributed by atoms with Crippen LogP contribution in [-0.2, 0) is 0 Å². The van der Waals surface area contributed by atoms with Crippen molar-refractivity contribution < 1.29 is 23.4 Å². The van der Waals surface area contributed by atoms with E-state index in [1.165, 1.54) is 24.3 Å². The van der Waals surface area contributed by atoms with E-state index in [9.17, 15) is 9.18 Å². The summed E-state index contributed by atoms with van der Waals surface area (Å²) in [6, 6.07) is 10.9. The minimum Gasteiger partial charge on any atom is -0.454 e. The normalized spacial score (nSPS) is 11.3. The smallest absolute Gasteiger partial charge is 0.454 e. The Morgan fingerprint density at radius 1 is 1.14 bits per heavy atom. The summed E-state index contributed by atoms with van der Waals surface area (Å²) in [6.45, 7) is 4.02. The molecule has 7 nitrogen and oxygen atoms in total. The maximum absolute atomic E-state index is 13.5. The molecule has 0 saturated carbocycles. The third kappa shape index (κ3) is 3.56. The number of nitrogens with zero attached hydrogens (tertiary/aromatic N) is 3. The number of furan rings is 1. The van der Waals surface area contributed by atoms with Gasteiger partial charge in [-0.05, 0) is 44.2 Å². The monoisotopic (exact) mass is 395 g/mol. The van der Waals surface area contributed by atoms with Gasteiger partial charge in [0.05, 0.1) is 11.0 Å². The fraction of sp³-hybridized carbons (Fsp3) is 0.190. The van der Waals surface area contributed by atoms with Crippen molar-refractivity contribution in [3.05, 3.63) is 48.3 Å². The molecule has 0 spiro atoms. The molecule has 2 heterocycles. The molecule has 0 atom stereocenters. The summed E-state index contributed by atoms with van der Waals surface area (Å²) in [5, 5.41) is 9.59. The predicted octanol–water partition coefficient (Wildman–Crippen LogP) is 5.08. The van der Waals surface area contributed by atoms with E-state index >= 15 is 0 Å². The maximum atomic E-state index is 13.5. The van der Waals surface area contributed by atoms with Crippen LogP contribution in [0.1, 0.15) is 13.8 Å². The van der Waals surface area contributed by atoms with E-state index in [4.69, 9.17) is 19.2 Å². The number of benzene rings is 2. The zero-order valence-electron chi connectivity index (χ0n) is 16.0. The van der Waals surface area contributed by atoms with Crippen molar-refractivity contribution in [1.82, 2.24) is 9.97 Å². The molecular formula is C21H18FN3O4. The Labute approximate surface area is 165 Å². The molecule has 0 saturated heterocycles. The highest BCUT2D eigenvalue weighted by Gasteiger charge is 2.20. The molecule has 4 aromatic rings. The quantitative estimate of drug-likeness (QED) is 0.380. The molecule has 2 aromatic heterocycles. The first-order chi connectivity index (χ1) is 13.8. The molecule has 0 amide bonds. The zero-order chi connectivity index (χ0) is 20.7. The van der Waals surface area contributed by atoms with Crippen LogP contribution in [0, 0.1) is 5.82 Å². The Balaban J connectivity index is 1.92. The third-order valence-corrected chi connectivity index (χ3v) is 4.65. The van der Waals surface area contributed by atoms with Crippen LogP contribution >= 0.6 is 0 Å². The number of carbonyl (C=O) groups is 1. The van der Waals surface area contributed by atoms with Crippen LogP contribution < -0.4 is 9.64 Å². The van der Waals surface area contributed by atoms with Crippen LogP contribution in [0.15, 0.2) is 46.9 Å². The number of ether oxygens (including phenoxy) is 1. The molecule has 0 aliphatic carbocycles. The van der Waals surface area contributed by atoms with Gasteiger partial charge in [0, 0.05) is 30.6 Å². The summed E-state index contributed by atoms with van der Waals surface area (Å²) in [5.74, 6) is 0.797. The molecule has 0 aliphatic heterocycles. The number of aromatic nitrogens is 2. The van der Waals surface area contributed by atoms with Gasteiger partial charge in [0.25, 0.3) is 0 Å². The topological polar surface area (TPSA) is 88.7 Å². The van der Waals surface area contributed by atoms with Gasteiger partial charge in [-0.25, -0.2) is 19.2 Å². The van der Waals surface area contributed by atoms with Crippen LogP contribution in [0.2, 0.25) is 0 Å². The number of fused-ring (bicyclic) bond motifs is 2. The van der Waals surface area contributed by atoms with Crippen molar-refractivity contribution in [3.8, 4) is 17.2 Å². The van der Waals surface area contributed by atoms with Gasteiger partial charge < -0.3 is 19.2 Å². The minimum atomic E-state index is -1.40. The lowest BCUT2D eigenvalue weighted by atomic mass is 10.2. The number of hydrogen-bond donors (Lipinski definition) is 1. The molecule has 2 aromatic carbocycles. The number of rotatable bonds is 4. The van der Waals surface area contributed by atoms with E-state index in [0.717, 1.165) is 5.39 Å². The first-order valence-corrected chi connectivity index (χ1v) is 8.96. The molecule has 4 rings (SSSR count). The number of hydrogen-bond acceptors (Lipinski definition) is 6. The van der Waals surface area contributed by atoms with E-state index in [-0.39, 0.29) is 17.6 Å². The fourth-order valence-corrected chi connectivity index (χ4v) is 2.97. The highest BCUT2D eigenvalue weighted by molar-refractivity contribution is 5.88. The van der Waals surface area contributed by atoms with Crippen LogP contribution in [-0.4, -0.2) is 34.3 Å². The first-order valence-electron chi connectivity index (χ1n) is 8.96. The van der Waals surface area contributed by atoms with Crippen LogP contribution in [0.5, 0.6) is 5.75 Å². The predicted molar refractivity (Wildman–Crippen MR) is 107 cm³/mol. The summed E-state index contributed by atoms with van der Waals surface area (Å²) >= 11 is 0. The lowest BCUT2D eigenvalue weighted by Gasteiger charge is -2.24. The summed E-state index contributed by atoms with van der Waals surface area (Å²) in [7, 11) is 1.88. The fourth-order valence-electron chi connectivity index (χ4n) is 2.97. The molecule has 0 bridgehead atoms. The van der Waals surface area contributed by atoms with Crippen LogP contribution in [0.3, 0.4) is 0 Å². The third-order valence-electron chi connectivity index (χ3n) is 4.65. The van der Waals surface area contributed by atoms with Crippen LogP contribution in [0.25, 0.3) is 33.5 Å². The second-order valence-corrected chi connectivity index (χ2v) is 6.91. The molecule has 1 N–H and O–H groups in total. The van der Waals surface area contributed by atoms with Crippen molar-refractivity contribution in [2.45, 2.75) is 19.9 Å². The van der Waals surface area contributed by atoms with Crippen molar-refractivity contribution in [3.63, 3.8) is 0 Å². The zero-order valence-corrected chi connectivity index (χ0v) is 16.0. The standard InChI is InChI=1S/C21H18FN3O4/c1-11(2)25(3)20-19(18-8-12-4-5-13(22)9-17(12)29-18)23-15-7-6-14(28-21(26)27)10-16(15)24-20/h4-11H,1-3H3,(H,26,27). The lowest BCUT2D eigenvalue weighted by Crippen LogP contribution is -2.27. The van der Waals surface area contributed by atoms with E-state index in [0.29, 0.717) is 33.9 Å². The minimum absolute atomic E-state index is 0.112. The summed E-state index contributed by atoms with van der Waals surface area (Å²) in [6.07, 6.45) is -1.40. The molecule has 148 valence electrons. The van der Waals surface area contributed by atoms with E-state index in [1.807, 2.05) is 25.8 Å². The largest absolute Gasteiger partial charge is 0.511 e. The number of halogens is 1. The number of carboxylic acid groups (broad SMARTS) is 1. The Kier molecular flexibility index (Phi) is 4.54. The number of anilines is 1. The van der Waals surface area contributed by atoms with Gasteiger partial charge in [0.1, 0.15) is 22.8 Å². The van der Waals surface area contributed by atoms with Gasteiger partial charge in [-0.3, -0.25) is 0 Å². The molecule has 29 heavy (non-hydrogen) atoms. The Hall–Kier alpha value is -3.68. The van der Waals surface area contributed by atoms with Crippen molar-refractivity contribution in [2.24, 2.45) is 0 Å². The molecule has 0 fully saturated rings. The van der Waals surface area contributed by atoms with E-state index in [2.05, 4.69) is 4.98 Å². The van der Waals surface area contributed by atoms with E-state index in [1.54, 1.807) is 18.2 Å². The average Bonchev–Trinajstić information content (AvgIpc) is 3.08. The second-order valence-electron chi connectivity index (χ2n) is 6.91. The summed E-state index contributed by atoms with van der Waals surface area (Å²) in [5.41, 5.74) is 1.96. The lowest BCUT2D eigenvalue weighted by molar-refractivity contribution is 0.144. The van der Waals surface area contributed by atoms with Crippen molar-refractivity contribution in [2.75, 3.05) is 11.9 Å². The SMILES string of the molecule is CC(C)N(C)c1nc2cc(OC(=O)O)ccc2nc1-c1cc2ccc(F)cc2o1. The van der Waals surface area contributed by atoms with Gasteiger partial charge in [-0.15, -0.1) is 0 Å². The van der Waals surface area contributed by atoms with Gasteiger partial charge >= 0.3 is 6.16 Å². The Morgan fingerprint density at radius 3 is 2.66 bits per heavy atom. The average molecular weight is 395 g/mol. The summed E-state index contributed by atoms with van der Waals surface area (Å²) in [4.78, 5) is 22.1. The van der Waals surface area contributed by atoms with Gasteiger partial charge in [0.15, 0.2) is 11.6 Å². The second kappa shape index (κ2) is 7.05. The molecular weight excluding hydrogens is 377 g/mol. The van der Waals surface area contributed by atoms with Gasteiger partial charge in [0.2, 0.25) is 0 Å². The van der Waals surface area contributed by atoms with E-state index < -0.39 is 6.16 Å². The maximum Gasteiger partial charge on any atom is 0.511 e. The molecule has 0 radical (unpaired) electrons. The molecule has 8 heteroatoms. The van der Waals surface area contributed by atoms with Crippen LogP contribution in [0.4, 0.5) is 15.0 Å². The Morgan fingerprint density at radius 2 is 1.93 bits per heavy atom. The van der Waals surface area contributed by atoms with Gasteiger partial charge in [-0.1, -0.05) is 0 Å². The molecule has 0 aliphatic rings. The highest BCUT2D eigenvalue weighted by atomic mass is 19.1.